The van der Waals surface area contributed by atoms with E-state index in [0.717, 1.165) is 6.07 Å². The fourth-order valence-electron chi connectivity index (χ4n) is 1.39. The van der Waals surface area contributed by atoms with E-state index in [-0.39, 0.29) is 24.2 Å². The molecule has 1 amide bonds. The summed E-state index contributed by atoms with van der Waals surface area (Å²) in [6.07, 6.45) is -4.51. The van der Waals surface area contributed by atoms with E-state index in [4.69, 9.17) is 4.74 Å². The molecule has 8 heteroatoms. The zero-order valence-electron chi connectivity index (χ0n) is 11.7. The molecule has 1 aromatic rings. The second kappa shape index (κ2) is 8.74. The molecule has 0 saturated carbocycles. The Labute approximate surface area is 127 Å². The topological polar surface area (TPSA) is 50.4 Å². The molecule has 0 aromatic heterocycles. The Balaban J connectivity index is 0.00000400. The van der Waals surface area contributed by atoms with Crippen molar-refractivity contribution in [1.82, 2.24) is 10.6 Å². The first-order chi connectivity index (χ1) is 9.34. The predicted molar refractivity (Wildman–Crippen MR) is 75.7 cm³/mol. The SMILES string of the molecule is CNC(C)CNC(=O)COc1ccccc1C(F)(F)F.Cl. The summed E-state index contributed by atoms with van der Waals surface area (Å²) in [5, 5.41) is 5.47. The van der Waals surface area contributed by atoms with Gasteiger partial charge in [-0.3, -0.25) is 4.79 Å². The highest BCUT2D eigenvalue weighted by Crippen LogP contribution is 2.35. The molecule has 0 saturated heterocycles. The number of ether oxygens (including phenoxy) is 1. The van der Waals surface area contributed by atoms with Gasteiger partial charge in [-0.2, -0.15) is 13.2 Å². The molecule has 1 unspecified atom stereocenters. The smallest absolute Gasteiger partial charge is 0.419 e. The molecule has 0 radical (unpaired) electrons. The number of halogens is 4. The van der Waals surface area contributed by atoms with Gasteiger partial charge in [-0.15, -0.1) is 12.4 Å². The van der Waals surface area contributed by atoms with Crippen LogP contribution in [-0.4, -0.2) is 32.1 Å². The first-order valence-corrected chi connectivity index (χ1v) is 6.07. The molecule has 0 aliphatic carbocycles. The van der Waals surface area contributed by atoms with E-state index in [2.05, 4.69) is 10.6 Å². The van der Waals surface area contributed by atoms with Crippen LogP contribution in [0.3, 0.4) is 0 Å². The number of likely N-dealkylation sites (N-methyl/N-ethyl adjacent to an activating group) is 1. The van der Waals surface area contributed by atoms with Crippen LogP contribution in [-0.2, 0) is 11.0 Å². The van der Waals surface area contributed by atoms with E-state index < -0.39 is 24.3 Å². The highest BCUT2D eigenvalue weighted by atomic mass is 35.5. The number of rotatable bonds is 6. The average Bonchev–Trinajstić information content (AvgIpc) is 2.41. The summed E-state index contributed by atoms with van der Waals surface area (Å²) in [5.74, 6) is -0.819. The van der Waals surface area contributed by atoms with Crippen LogP contribution in [0.25, 0.3) is 0 Å². The minimum atomic E-state index is -4.51. The number of nitrogens with one attached hydrogen (secondary N) is 2. The van der Waals surface area contributed by atoms with Crippen LogP contribution in [0.5, 0.6) is 5.75 Å². The standard InChI is InChI=1S/C13H17F3N2O2.ClH/c1-9(17-2)7-18-12(19)8-20-11-6-4-3-5-10(11)13(14,15)16;/h3-6,9,17H,7-8H2,1-2H3,(H,18,19);1H. The lowest BCUT2D eigenvalue weighted by atomic mass is 10.2. The molecular weight excluding hydrogens is 309 g/mol. The molecular formula is C13H18ClF3N2O2. The van der Waals surface area contributed by atoms with Gasteiger partial charge < -0.3 is 15.4 Å². The maximum Gasteiger partial charge on any atom is 0.419 e. The summed E-state index contributed by atoms with van der Waals surface area (Å²) in [6, 6.07) is 4.86. The molecule has 1 rings (SSSR count). The number of benzene rings is 1. The number of para-hydroxylation sites is 1. The number of amides is 1. The van der Waals surface area contributed by atoms with Gasteiger partial charge in [0.05, 0.1) is 5.56 Å². The Bertz CT molecular complexity index is 455. The first-order valence-electron chi connectivity index (χ1n) is 6.07. The van der Waals surface area contributed by atoms with Crippen molar-refractivity contribution < 1.29 is 22.7 Å². The minimum Gasteiger partial charge on any atom is -0.483 e. The van der Waals surface area contributed by atoms with Crippen molar-refractivity contribution in [2.24, 2.45) is 0 Å². The van der Waals surface area contributed by atoms with Gasteiger partial charge in [0.15, 0.2) is 6.61 Å². The van der Waals surface area contributed by atoms with E-state index in [0.29, 0.717) is 6.54 Å². The zero-order valence-corrected chi connectivity index (χ0v) is 12.5. The van der Waals surface area contributed by atoms with Crippen molar-refractivity contribution >= 4 is 18.3 Å². The normalized spacial score (nSPS) is 12.2. The van der Waals surface area contributed by atoms with Crippen LogP contribution in [0.2, 0.25) is 0 Å². The quantitative estimate of drug-likeness (QED) is 0.843. The monoisotopic (exact) mass is 326 g/mol. The third-order valence-electron chi connectivity index (χ3n) is 2.65. The van der Waals surface area contributed by atoms with Crippen molar-refractivity contribution in [3.05, 3.63) is 29.8 Å². The summed E-state index contributed by atoms with van der Waals surface area (Å²) >= 11 is 0. The summed E-state index contributed by atoms with van der Waals surface area (Å²) in [7, 11) is 1.74. The summed E-state index contributed by atoms with van der Waals surface area (Å²) < 4.78 is 43.0. The lowest BCUT2D eigenvalue weighted by Gasteiger charge is -2.14. The third kappa shape index (κ3) is 6.68. The van der Waals surface area contributed by atoms with E-state index in [1.54, 1.807) is 7.05 Å². The summed E-state index contributed by atoms with van der Waals surface area (Å²) in [5.41, 5.74) is -0.892. The molecule has 120 valence electrons. The fourth-order valence-corrected chi connectivity index (χ4v) is 1.39. The number of carbonyl (C=O) groups is 1. The molecule has 4 nitrogen and oxygen atoms in total. The average molecular weight is 327 g/mol. The molecule has 21 heavy (non-hydrogen) atoms. The number of hydrogen-bond donors (Lipinski definition) is 2. The second-order valence-electron chi connectivity index (χ2n) is 4.28. The molecule has 2 N–H and O–H groups in total. The van der Waals surface area contributed by atoms with Crippen LogP contribution in [0.1, 0.15) is 12.5 Å². The van der Waals surface area contributed by atoms with Crippen molar-refractivity contribution in [2.45, 2.75) is 19.1 Å². The number of carbonyl (C=O) groups excluding carboxylic acids is 1. The Hall–Kier alpha value is -1.47. The van der Waals surface area contributed by atoms with Crippen molar-refractivity contribution in [3.8, 4) is 5.75 Å². The van der Waals surface area contributed by atoms with Crippen molar-refractivity contribution in [1.29, 1.82) is 0 Å². The maximum atomic E-state index is 12.7. The zero-order chi connectivity index (χ0) is 15.2. The van der Waals surface area contributed by atoms with Crippen molar-refractivity contribution in [3.63, 3.8) is 0 Å². The minimum absolute atomic E-state index is 0. The van der Waals surface area contributed by atoms with Crippen LogP contribution in [0.4, 0.5) is 13.2 Å². The molecule has 1 atom stereocenters. The number of hydrogen-bond acceptors (Lipinski definition) is 3. The van der Waals surface area contributed by atoms with Gasteiger partial charge in [-0.25, -0.2) is 0 Å². The van der Waals surface area contributed by atoms with Gasteiger partial charge in [0, 0.05) is 12.6 Å². The van der Waals surface area contributed by atoms with Gasteiger partial charge in [-0.05, 0) is 26.1 Å². The maximum absolute atomic E-state index is 12.7. The highest BCUT2D eigenvalue weighted by molar-refractivity contribution is 5.85. The molecule has 0 spiro atoms. The Morgan fingerprint density at radius 1 is 1.33 bits per heavy atom. The first kappa shape index (κ1) is 19.5. The highest BCUT2D eigenvalue weighted by Gasteiger charge is 2.34. The summed E-state index contributed by atoms with van der Waals surface area (Å²) in [6.45, 7) is 1.78. The second-order valence-corrected chi connectivity index (χ2v) is 4.28. The molecule has 0 heterocycles. The lowest BCUT2D eigenvalue weighted by molar-refractivity contribution is -0.139. The van der Waals surface area contributed by atoms with Gasteiger partial charge in [-0.1, -0.05) is 12.1 Å². The van der Waals surface area contributed by atoms with Crippen LogP contribution >= 0.6 is 12.4 Å². The Morgan fingerprint density at radius 3 is 2.52 bits per heavy atom. The molecule has 0 aliphatic rings. The van der Waals surface area contributed by atoms with Crippen LogP contribution < -0.4 is 15.4 Å². The Morgan fingerprint density at radius 2 is 1.95 bits per heavy atom. The Kier molecular flexibility index (Phi) is 8.12. The van der Waals surface area contributed by atoms with Gasteiger partial charge in [0.1, 0.15) is 5.75 Å². The number of alkyl halides is 3. The van der Waals surface area contributed by atoms with Crippen molar-refractivity contribution in [2.75, 3.05) is 20.2 Å². The van der Waals surface area contributed by atoms with Crippen LogP contribution in [0.15, 0.2) is 24.3 Å². The fraction of sp³-hybridized carbons (Fsp3) is 0.462. The summed E-state index contributed by atoms with van der Waals surface area (Å²) in [4.78, 5) is 11.5. The largest absolute Gasteiger partial charge is 0.483 e. The molecule has 0 bridgehead atoms. The van der Waals surface area contributed by atoms with E-state index >= 15 is 0 Å². The van der Waals surface area contributed by atoms with Gasteiger partial charge in [0.2, 0.25) is 0 Å². The van der Waals surface area contributed by atoms with E-state index in [1.807, 2.05) is 6.92 Å². The molecule has 1 aromatic carbocycles. The van der Waals surface area contributed by atoms with Gasteiger partial charge >= 0.3 is 6.18 Å². The van der Waals surface area contributed by atoms with E-state index in [9.17, 15) is 18.0 Å². The van der Waals surface area contributed by atoms with E-state index in [1.165, 1.54) is 18.2 Å². The third-order valence-corrected chi connectivity index (χ3v) is 2.65. The molecule has 0 fully saturated rings. The lowest BCUT2D eigenvalue weighted by Crippen LogP contribution is -2.39. The van der Waals surface area contributed by atoms with Crippen LogP contribution in [0, 0.1) is 0 Å². The molecule has 0 aliphatic heterocycles. The van der Waals surface area contributed by atoms with Gasteiger partial charge in [0.25, 0.3) is 5.91 Å². The predicted octanol–water partition coefficient (Wildman–Crippen LogP) is 2.23.